The molecule has 0 aliphatic carbocycles. The van der Waals surface area contributed by atoms with Crippen LogP contribution in [0.5, 0.6) is 5.75 Å². The molecule has 0 heterocycles. The number of ether oxygens (including phenoxy) is 1. The van der Waals surface area contributed by atoms with Crippen molar-refractivity contribution < 1.29 is 41.0 Å². The number of hydrogen-bond donors (Lipinski definition) is 4. The van der Waals surface area contributed by atoms with Crippen LogP contribution in [0.25, 0.3) is 0 Å². The van der Waals surface area contributed by atoms with E-state index in [1.165, 1.54) is 42.5 Å². The Morgan fingerprint density at radius 3 is 2.03 bits per heavy atom. The molecule has 0 aliphatic rings. The molecular weight excluding hydrogens is 503 g/mol. The SMILES string of the molecule is Cc1ccc(NC(=O)Nc2ccc(C(F)(F)F)cc2)cc1S(=O)(=O)Nc1ccc(OCC(=O)O)cc1. The molecule has 0 aromatic heterocycles. The fourth-order valence-corrected chi connectivity index (χ4v) is 4.31. The number of carbonyl (C=O) groups is 2. The highest BCUT2D eigenvalue weighted by Gasteiger charge is 2.30. The van der Waals surface area contributed by atoms with Crippen molar-refractivity contribution in [2.24, 2.45) is 0 Å². The minimum Gasteiger partial charge on any atom is -0.482 e. The minimum absolute atomic E-state index is 0.109. The van der Waals surface area contributed by atoms with Gasteiger partial charge in [-0.25, -0.2) is 18.0 Å². The summed E-state index contributed by atoms with van der Waals surface area (Å²) in [6.07, 6.45) is -4.51. The van der Waals surface area contributed by atoms with Gasteiger partial charge in [0.05, 0.1) is 10.5 Å². The Hall–Kier alpha value is -4.26. The number of alkyl halides is 3. The van der Waals surface area contributed by atoms with Crippen LogP contribution in [0, 0.1) is 6.92 Å². The molecule has 0 spiro atoms. The topological polar surface area (TPSA) is 134 Å². The van der Waals surface area contributed by atoms with Crippen LogP contribution in [-0.2, 0) is 21.0 Å². The first kappa shape index (κ1) is 26.3. The maximum Gasteiger partial charge on any atom is 0.416 e. The van der Waals surface area contributed by atoms with Crippen LogP contribution in [0.2, 0.25) is 0 Å². The van der Waals surface area contributed by atoms with Gasteiger partial charge in [-0.3, -0.25) is 4.72 Å². The number of carboxylic acid groups (broad SMARTS) is 1. The number of nitrogens with one attached hydrogen (secondary N) is 3. The van der Waals surface area contributed by atoms with Gasteiger partial charge in [0, 0.05) is 17.1 Å². The Bertz CT molecular complexity index is 1360. The van der Waals surface area contributed by atoms with Gasteiger partial charge in [-0.1, -0.05) is 6.07 Å². The van der Waals surface area contributed by atoms with E-state index in [4.69, 9.17) is 9.84 Å². The highest BCUT2D eigenvalue weighted by atomic mass is 32.2. The van der Waals surface area contributed by atoms with Crippen LogP contribution < -0.4 is 20.1 Å². The van der Waals surface area contributed by atoms with Gasteiger partial charge in [0.15, 0.2) is 6.61 Å². The summed E-state index contributed by atoms with van der Waals surface area (Å²) in [5.41, 5.74) is -0.0504. The van der Waals surface area contributed by atoms with Crippen LogP contribution in [0.3, 0.4) is 0 Å². The maximum atomic E-state index is 12.9. The lowest BCUT2D eigenvalue weighted by Gasteiger charge is -2.14. The fraction of sp³-hybridized carbons (Fsp3) is 0.130. The predicted octanol–water partition coefficient (Wildman–Crippen LogP) is 4.92. The van der Waals surface area contributed by atoms with Crippen molar-refractivity contribution in [3.8, 4) is 5.75 Å². The summed E-state index contributed by atoms with van der Waals surface area (Å²) >= 11 is 0. The maximum absolute atomic E-state index is 12.9. The molecule has 3 aromatic carbocycles. The number of benzene rings is 3. The number of amides is 2. The highest BCUT2D eigenvalue weighted by Crippen LogP contribution is 2.30. The number of hydrogen-bond acceptors (Lipinski definition) is 5. The van der Waals surface area contributed by atoms with Gasteiger partial charge < -0.3 is 20.5 Å². The lowest BCUT2D eigenvalue weighted by Crippen LogP contribution is -2.20. The molecule has 0 aliphatic heterocycles. The average Bonchev–Trinajstić information content (AvgIpc) is 2.79. The van der Waals surface area contributed by atoms with Crippen molar-refractivity contribution in [3.63, 3.8) is 0 Å². The summed E-state index contributed by atoms with van der Waals surface area (Å²) < 4.78 is 71.2. The number of halogens is 3. The van der Waals surface area contributed by atoms with E-state index in [1.54, 1.807) is 6.92 Å². The largest absolute Gasteiger partial charge is 0.482 e. The fourth-order valence-electron chi connectivity index (χ4n) is 2.98. The average molecular weight is 523 g/mol. The number of urea groups is 1. The summed E-state index contributed by atoms with van der Waals surface area (Å²) in [6.45, 7) is 1.01. The first-order valence-corrected chi connectivity index (χ1v) is 11.7. The van der Waals surface area contributed by atoms with Gasteiger partial charge in [-0.15, -0.1) is 0 Å². The van der Waals surface area contributed by atoms with E-state index >= 15 is 0 Å². The van der Waals surface area contributed by atoms with Gasteiger partial charge in [0.2, 0.25) is 0 Å². The van der Waals surface area contributed by atoms with Crippen molar-refractivity contribution >= 4 is 39.1 Å². The molecule has 4 N–H and O–H groups in total. The molecule has 2 amide bonds. The Morgan fingerprint density at radius 2 is 1.44 bits per heavy atom. The van der Waals surface area contributed by atoms with Crippen molar-refractivity contribution in [3.05, 3.63) is 77.9 Å². The van der Waals surface area contributed by atoms with Crippen LogP contribution in [0.15, 0.2) is 71.6 Å². The molecule has 0 atom stereocenters. The highest BCUT2D eigenvalue weighted by molar-refractivity contribution is 7.92. The van der Waals surface area contributed by atoms with Crippen molar-refractivity contribution in [2.75, 3.05) is 22.0 Å². The quantitative estimate of drug-likeness (QED) is 0.331. The molecule has 0 unspecified atom stereocenters. The third kappa shape index (κ3) is 7.12. The summed E-state index contributed by atoms with van der Waals surface area (Å²) in [5.74, 6) is -0.918. The van der Waals surface area contributed by atoms with Crippen molar-refractivity contribution in [2.45, 2.75) is 18.0 Å². The molecule has 190 valence electrons. The van der Waals surface area contributed by atoms with Crippen LogP contribution in [0.4, 0.5) is 35.0 Å². The van der Waals surface area contributed by atoms with Gasteiger partial charge in [0.1, 0.15) is 5.75 Å². The van der Waals surface area contributed by atoms with Gasteiger partial charge in [-0.2, -0.15) is 13.2 Å². The molecule has 13 heteroatoms. The van der Waals surface area contributed by atoms with E-state index in [0.717, 1.165) is 24.3 Å². The standard InChI is InChI=1S/C23H20F3N3O6S/c1-14-2-5-18(28-22(32)27-16-6-3-15(4-7-16)23(24,25)26)12-20(14)36(33,34)29-17-8-10-19(11-9-17)35-13-21(30)31/h2-12,29H,13H2,1H3,(H,30,31)(H2,27,28,32). The Kier molecular flexibility index (Phi) is 7.73. The van der Waals surface area contributed by atoms with Gasteiger partial charge >= 0.3 is 18.2 Å². The Balaban J connectivity index is 1.69. The van der Waals surface area contributed by atoms with Crippen molar-refractivity contribution in [1.82, 2.24) is 0 Å². The molecule has 3 aromatic rings. The van der Waals surface area contributed by atoms with Crippen molar-refractivity contribution in [1.29, 1.82) is 0 Å². The zero-order valence-corrected chi connectivity index (χ0v) is 19.4. The Labute approximate surface area is 204 Å². The molecule has 0 fully saturated rings. The normalized spacial score (nSPS) is 11.4. The second-order valence-corrected chi connectivity index (χ2v) is 9.10. The second kappa shape index (κ2) is 10.6. The van der Waals surface area contributed by atoms with E-state index in [9.17, 15) is 31.2 Å². The number of sulfonamides is 1. The zero-order chi connectivity index (χ0) is 26.5. The summed E-state index contributed by atoms with van der Waals surface area (Å²) in [7, 11) is -4.08. The number of aryl methyl sites for hydroxylation is 1. The second-order valence-electron chi connectivity index (χ2n) is 7.45. The van der Waals surface area contributed by atoms with Gasteiger partial charge in [0.25, 0.3) is 10.0 Å². The van der Waals surface area contributed by atoms with E-state index in [-0.39, 0.29) is 27.7 Å². The van der Waals surface area contributed by atoms with Crippen LogP contribution in [0.1, 0.15) is 11.1 Å². The minimum atomic E-state index is -4.51. The van der Waals surface area contributed by atoms with E-state index < -0.39 is 40.4 Å². The summed E-state index contributed by atoms with van der Waals surface area (Å²) in [4.78, 5) is 22.7. The van der Waals surface area contributed by atoms with Gasteiger partial charge in [-0.05, 0) is 73.2 Å². The van der Waals surface area contributed by atoms with E-state index in [2.05, 4.69) is 15.4 Å². The molecule has 36 heavy (non-hydrogen) atoms. The zero-order valence-electron chi connectivity index (χ0n) is 18.6. The first-order valence-electron chi connectivity index (χ1n) is 10.2. The number of aliphatic carboxylic acids is 1. The molecule has 0 bridgehead atoms. The lowest BCUT2D eigenvalue weighted by atomic mass is 10.2. The smallest absolute Gasteiger partial charge is 0.416 e. The third-order valence-corrected chi connectivity index (χ3v) is 6.20. The van der Waals surface area contributed by atoms with Crippen LogP contribution in [-0.4, -0.2) is 32.1 Å². The van der Waals surface area contributed by atoms with Crippen LogP contribution >= 0.6 is 0 Å². The molecule has 0 saturated heterocycles. The lowest BCUT2D eigenvalue weighted by molar-refractivity contribution is -0.139. The molecular formula is C23H20F3N3O6S. The number of anilines is 3. The predicted molar refractivity (Wildman–Crippen MR) is 126 cm³/mol. The Morgan fingerprint density at radius 1 is 0.889 bits per heavy atom. The molecule has 0 radical (unpaired) electrons. The number of carbonyl (C=O) groups excluding carboxylic acids is 1. The van der Waals surface area contributed by atoms with E-state index in [0.29, 0.717) is 5.56 Å². The molecule has 9 nitrogen and oxygen atoms in total. The summed E-state index contributed by atoms with van der Waals surface area (Å²) in [6, 6.07) is 12.8. The third-order valence-electron chi connectivity index (χ3n) is 4.67. The van der Waals surface area contributed by atoms with E-state index in [1.807, 2.05) is 0 Å². The number of carboxylic acids is 1. The monoisotopic (exact) mass is 523 g/mol. The summed E-state index contributed by atoms with van der Waals surface area (Å²) in [5, 5.41) is 13.5. The molecule has 0 saturated carbocycles. The number of rotatable bonds is 8. The molecule has 3 rings (SSSR count). The first-order chi connectivity index (χ1) is 16.8.